The summed E-state index contributed by atoms with van der Waals surface area (Å²) in [5.74, 6) is 1.73. The molecule has 0 heterocycles. The van der Waals surface area contributed by atoms with Gasteiger partial charge in [-0.05, 0) is 69.6 Å². The fraction of sp³-hybridized carbons (Fsp3) is 1.00. The SMILES string of the molecule is CCCCCCCC1CCC(OC)(C2CCC(OCCC)CC2)CC1. The van der Waals surface area contributed by atoms with Crippen LogP contribution in [0, 0.1) is 11.8 Å². The minimum atomic E-state index is 0.189. The van der Waals surface area contributed by atoms with E-state index in [1.54, 1.807) is 0 Å². The van der Waals surface area contributed by atoms with Gasteiger partial charge in [0.15, 0.2) is 0 Å². The molecule has 2 heteroatoms. The second-order valence-corrected chi connectivity index (χ2v) is 8.76. The minimum absolute atomic E-state index is 0.189. The molecule has 0 unspecified atom stereocenters. The fourth-order valence-electron chi connectivity index (χ4n) is 5.31. The summed E-state index contributed by atoms with van der Waals surface area (Å²) in [6, 6.07) is 0. The van der Waals surface area contributed by atoms with Crippen LogP contribution < -0.4 is 0 Å². The third-order valence-corrected chi connectivity index (χ3v) is 7.05. The zero-order valence-corrected chi connectivity index (χ0v) is 17.4. The monoisotopic (exact) mass is 352 g/mol. The maximum Gasteiger partial charge on any atom is 0.0707 e. The summed E-state index contributed by atoms with van der Waals surface area (Å²) in [5, 5.41) is 0. The van der Waals surface area contributed by atoms with Crippen LogP contribution in [0.5, 0.6) is 0 Å². The molecular weight excluding hydrogens is 308 g/mol. The number of rotatable bonds is 11. The third kappa shape index (κ3) is 6.54. The van der Waals surface area contributed by atoms with Crippen LogP contribution in [0.3, 0.4) is 0 Å². The quantitative estimate of drug-likeness (QED) is 0.376. The van der Waals surface area contributed by atoms with Crippen LogP contribution in [-0.2, 0) is 9.47 Å². The van der Waals surface area contributed by atoms with Crippen LogP contribution in [-0.4, -0.2) is 25.4 Å². The zero-order chi connectivity index (χ0) is 18.0. The molecule has 0 aliphatic heterocycles. The standard InChI is InChI=1S/C23H44O2/c1-4-6-7-8-9-10-20-15-17-23(24-3,18-16-20)21-11-13-22(14-12-21)25-19-5-2/h20-22H,4-19H2,1-3H3. The Morgan fingerprint density at radius 2 is 1.48 bits per heavy atom. The highest BCUT2D eigenvalue weighted by atomic mass is 16.5. The molecule has 2 fully saturated rings. The summed E-state index contributed by atoms with van der Waals surface area (Å²) in [5.41, 5.74) is 0.189. The molecule has 148 valence electrons. The molecule has 0 radical (unpaired) electrons. The van der Waals surface area contributed by atoms with Crippen LogP contribution >= 0.6 is 0 Å². The fourth-order valence-corrected chi connectivity index (χ4v) is 5.31. The van der Waals surface area contributed by atoms with Gasteiger partial charge in [0.2, 0.25) is 0 Å². The molecule has 0 spiro atoms. The van der Waals surface area contributed by atoms with Crippen molar-refractivity contribution in [2.45, 2.75) is 122 Å². The molecule has 0 atom stereocenters. The smallest absolute Gasteiger partial charge is 0.0707 e. The Balaban J connectivity index is 1.70. The van der Waals surface area contributed by atoms with Gasteiger partial charge in [-0.2, -0.15) is 0 Å². The van der Waals surface area contributed by atoms with Crippen LogP contribution in [0.15, 0.2) is 0 Å². The van der Waals surface area contributed by atoms with Gasteiger partial charge in [0.05, 0.1) is 11.7 Å². The second-order valence-electron chi connectivity index (χ2n) is 8.76. The Labute approximate surface area is 157 Å². The minimum Gasteiger partial charge on any atom is -0.378 e. The lowest BCUT2D eigenvalue weighted by Crippen LogP contribution is -2.45. The van der Waals surface area contributed by atoms with Crippen molar-refractivity contribution < 1.29 is 9.47 Å². The Hall–Kier alpha value is -0.0800. The van der Waals surface area contributed by atoms with E-state index in [9.17, 15) is 0 Å². The summed E-state index contributed by atoms with van der Waals surface area (Å²) < 4.78 is 12.2. The highest BCUT2D eigenvalue weighted by Gasteiger charge is 2.43. The third-order valence-electron chi connectivity index (χ3n) is 7.05. The molecule has 0 amide bonds. The molecule has 0 aromatic heterocycles. The van der Waals surface area contributed by atoms with Crippen molar-refractivity contribution in [3.8, 4) is 0 Å². The molecule has 0 saturated heterocycles. The van der Waals surface area contributed by atoms with E-state index >= 15 is 0 Å². The van der Waals surface area contributed by atoms with E-state index in [0.717, 1.165) is 24.9 Å². The van der Waals surface area contributed by atoms with Crippen molar-refractivity contribution in [3.05, 3.63) is 0 Å². The van der Waals surface area contributed by atoms with Gasteiger partial charge in [0, 0.05) is 13.7 Å². The van der Waals surface area contributed by atoms with Crippen molar-refractivity contribution in [1.82, 2.24) is 0 Å². The Morgan fingerprint density at radius 3 is 2.08 bits per heavy atom. The molecule has 0 aromatic rings. The second kappa shape index (κ2) is 11.6. The highest BCUT2D eigenvalue weighted by molar-refractivity contribution is 4.95. The predicted octanol–water partition coefficient (Wildman–Crippen LogP) is 6.91. The topological polar surface area (TPSA) is 18.5 Å². The van der Waals surface area contributed by atoms with E-state index in [0.29, 0.717) is 6.10 Å². The van der Waals surface area contributed by atoms with E-state index in [-0.39, 0.29) is 5.60 Å². The molecule has 2 saturated carbocycles. The van der Waals surface area contributed by atoms with Gasteiger partial charge < -0.3 is 9.47 Å². The average molecular weight is 353 g/mol. The number of hydrogen-bond acceptors (Lipinski definition) is 2. The molecule has 2 rings (SSSR count). The Kier molecular flexibility index (Phi) is 9.84. The summed E-state index contributed by atoms with van der Waals surface area (Å²) >= 11 is 0. The van der Waals surface area contributed by atoms with Gasteiger partial charge >= 0.3 is 0 Å². The summed E-state index contributed by atoms with van der Waals surface area (Å²) in [7, 11) is 1.98. The van der Waals surface area contributed by atoms with E-state index in [1.807, 2.05) is 7.11 Å². The molecule has 25 heavy (non-hydrogen) atoms. The molecule has 2 aliphatic carbocycles. The van der Waals surface area contributed by atoms with Gasteiger partial charge in [0.25, 0.3) is 0 Å². The summed E-state index contributed by atoms with van der Waals surface area (Å²) in [4.78, 5) is 0. The van der Waals surface area contributed by atoms with E-state index in [4.69, 9.17) is 9.47 Å². The van der Waals surface area contributed by atoms with Crippen LogP contribution in [0.2, 0.25) is 0 Å². The van der Waals surface area contributed by atoms with Crippen LogP contribution in [0.25, 0.3) is 0 Å². The first-order valence-corrected chi connectivity index (χ1v) is 11.4. The lowest BCUT2D eigenvalue weighted by molar-refractivity contribution is -0.113. The molecule has 2 nitrogen and oxygen atoms in total. The van der Waals surface area contributed by atoms with Gasteiger partial charge in [-0.15, -0.1) is 0 Å². The molecule has 0 bridgehead atoms. The first-order chi connectivity index (χ1) is 12.2. The Bertz CT molecular complexity index is 325. The van der Waals surface area contributed by atoms with Gasteiger partial charge in [-0.3, -0.25) is 0 Å². The van der Waals surface area contributed by atoms with Crippen molar-refractivity contribution in [3.63, 3.8) is 0 Å². The summed E-state index contributed by atoms with van der Waals surface area (Å²) in [6.07, 6.45) is 20.7. The molecule has 2 aliphatic rings. The number of ether oxygens (including phenoxy) is 2. The molecular formula is C23H44O2. The molecule has 0 aromatic carbocycles. The summed E-state index contributed by atoms with van der Waals surface area (Å²) in [6.45, 7) is 5.44. The van der Waals surface area contributed by atoms with Crippen molar-refractivity contribution >= 4 is 0 Å². The van der Waals surface area contributed by atoms with Crippen LogP contribution in [0.4, 0.5) is 0 Å². The van der Waals surface area contributed by atoms with E-state index in [1.165, 1.54) is 89.9 Å². The highest BCUT2D eigenvalue weighted by Crippen LogP contribution is 2.46. The average Bonchev–Trinajstić information content (AvgIpc) is 2.67. The van der Waals surface area contributed by atoms with Gasteiger partial charge in [-0.25, -0.2) is 0 Å². The van der Waals surface area contributed by atoms with Gasteiger partial charge in [-0.1, -0.05) is 52.4 Å². The number of methoxy groups -OCH3 is 1. The predicted molar refractivity (Wildman–Crippen MR) is 107 cm³/mol. The van der Waals surface area contributed by atoms with Crippen LogP contribution in [0.1, 0.15) is 110 Å². The van der Waals surface area contributed by atoms with E-state index in [2.05, 4.69) is 13.8 Å². The lowest BCUT2D eigenvalue weighted by atomic mass is 9.66. The number of hydrogen-bond donors (Lipinski definition) is 0. The van der Waals surface area contributed by atoms with E-state index < -0.39 is 0 Å². The first kappa shape index (κ1) is 21.2. The van der Waals surface area contributed by atoms with Crippen molar-refractivity contribution in [2.24, 2.45) is 11.8 Å². The largest absolute Gasteiger partial charge is 0.378 e. The maximum atomic E-state index is 6.20. The van der Waals surface area contributed by atoms with Crippen molar-refractivity contribution in [2.75, 3.05) is 13.7 Å². The zero-order valence-electron chi connectivity index (χ0n) is 17.4. The van der Waals surface area contributed by atoms with Gasteiger partial charge in [0.1, 0.15) is 0 Å². The lowest BCUT2D eigenvalue weighted by Gasteiger charge is -2.47. The Morgan fingerprint density at radius 1 is 0.800 bits per heavy atom. The molecule has 0 N–H and O–H groups in total. The normalized spacial score (nSPS) is 33.5. The first-order valence-electron chi connectivity index (χ1n) is 11.4. The maximum absolute atomic E-state index is 6.20. The van der Waals surface area contributed by atoms with Crippen molar-refractivity contribution in [1.29, 1.82) is 0 Å². The number of unbranched alkanes of at least 4 members (excludes halogenated alkanes) is 4.